The zero-order valence-corrected chi connectivity index (χ0v) is 56.5. The highest BCUT2D eigenvalue weighted by atomic mass is 16.5. The number of hydrogen-bond donors (Lipinski definition) is 5. The number of H-pyrrole nitrogens is 2. The molecule has 3 heterocycles. The summed E-state index contributed by atoms with van der Waals surface area (Å²) in [6.45, 7) is 1.90. The number of fused-ring (bicyclic) bond motifs is 7. The van der Waals surface area contributed by atoms with Gasteiger partial charge in [-0.05, 0) is 151 Å². The summed E-state index contributed by atoms with van der Waals surface area (Å²) >= 11 is 0. The average molecular weight is 1360 g/mol. The molecule has 4 aliphatic rings. The molecule has 2 aromatic heterocycles. The molecule has 3 aliphatic carbocycles. The monoisotopic (exact) mass is 1360 g/mol. The Morgan fingerprint density at radius 3 is 1.35 bits per heavy atom. The van der Waals surface area contributed by atoms with Gasteiger partial charge in [0.1, 0.15) is 24.0 Å². The van der Waals surface area contributed by atoms with Gasteiger partial charge >= 0.3 is 5.97 Å². The highest BCUT2D eigenvalue weighted by Gasteiger charge is 2.34. The lowest BCUT2D eigenvalue weighted by Crippen LogP contribution is -2.38. The van der Waals surface area contributed by atoms with Gasteiger partial charge in [-0.15, -0.1) is 0 Å². The van der Waals surface area contributed by atoms with E-state index in [1.165, 1.54) is 44.5 Å². The highest BCUT2D eigenvalue weighted by Crippen LogP contribution is 2.45. The van der Waals surface area contributed by atoms with Crippen molar-refractivity contribution in [1.29, 1.82) is 0 Å². The Labute approximate surface area is 604 Å². The van der Waals surface area contributed by atoms with Gasteiger partial charge in [0.05, 0.1) is 48.2 Å². The van der Waals surface area contributed by atoms with Crippen molar-refractivity contribution in [3.05, 3.63) is 323 Å². The Bertz CT molecular complexity index is 5000. The molecule has 1 aliphatic heterocycles. The van der Waals surface area contributed by atoms with Crippen molar-refractivity contribution >= 4 is 56.3 Å². The van der Waals surface area contributed by atoms with Crippen molar-refractivity contribution in [3.63, 3.8) is 0 Å². The molecule has 518 valence electrons. The van der Waals surface area contributed by atoms with Gasteiger partial charge in [-0.2, -0.15) is 0 Å². The lowest BCUT2D eigenvalue weighted by molar-refractivity contribution is -0.147. The molecule has 2 amide bonds. The number of hydrogen-bond acceptors (Lipinski definition) is 8. The largest absolute Gasteiger partial charge is 0.465 e. The summed E-state index contributed by atoms with van der Waals surface area (Å²) in [5.74, 6) is -0.355. The number of esters is 1. The highest BCUT2D eigenvalue weighted by molar-refractivity contribution is 5.90. The van der Waals surface area contributed by atoms with Crippen LogP contribution in [0, 0.1) is 17.8 Å². The number of rotatable bonds is 23. The van der Waals surface area contributed by atoms with Crippen LogP contribution in [0.4, 0.5) is 0 Å². The first kappa shape index (κ1) is 70.1. The number of carbonyl (C=O) groups is 4. The Balaban J connectivity index is 0.000000183. The molecule has 4 atom stereocenters. The average Bonchev–Trinajstić information content (AvgIpc) is 1.62. The Hall–Kier alpha value is -11.3. The first-order chi connectivity index (χ1) is 49.7. The molecule has 103 heavy (non-hydrogen) atoms. The van der Waals surface area contributed by atoms with Crippen LogP contribution in [0.5, 0.6) is 0 Å². The molecular weight excluding hydrogens is 1270 g/mol. The number of nitrogens with zero attached hydrogens (tertiary/aromatic N) is 2. The van der Waals surface area contributed by atoms with E-state index < -0.39 is 23.8 Å². The number of piperidine rings is 1. The number of aromatic nitrogens is 4. The van der Waals surface area contributed by atoms with Crippen LogP contribution in [0.3, 0.4) is 0 Å². The van der Waals surface area contributed by atoms with Gasteiger partial charge in [0, 0.05) is 37.0 Å². The van der Waals surface area contributed by atoms with Gasteiger partial charge in [-0.25, -0.2) is 9.97 Å². The third-order valence-electron chi connectivity index (χ3n) is 20.7. The Morgan fingerprint density at radius 1 is 0.447 bits per heavy atom. The molecule has 0 saturated carbocycles. The van der Waals surface area contributed by atoms with Gasteiger partial charge in [0.15, 0.2) is 0 Å². The predicted octanol–water partition coefficient (Wildman–Crippen LogP) is 18.5. The molecule has 0 spiro atoms. The Morgan fingerprint density at radius 2 is 0.864 bits per heavy atom. The fourth-order valence-electron chi connectivity index (χ4n) is 15.3. The minimum Gasteiger partial charge on any atom is -0.465 e. The first-order valence-electron chi connectivity index (χ1n) is 35.6. The number of amides is 2. The van der Waals surface area contributed by atoms with E-state index in [1.807, 2.05) is 122 Å². The number of allylic oxidation sites excluding steroid dienone is 2. The fourth-order valence-corrected chi connectivity index (χ4v) is 15.3. The molecule has 1 saturated heterocycles. The number of ether oxygens (including phenoxy) is 1. The van der Waals surface area contributed by atoms with Crippen molar-refractivity contribution < 1.29 is 23.9 Å². The second-order valence-electron chi connectivity index (χ2n) is 27.3. The van der Waals surface area contributed by atoms with Gasteiger partial charge < -0.3 is 30.7 Å². The second kappa shape index (κ2) is 32.5. The van der Waals surface area contributed by atoms with Crippen molar-refractivity contribution in [3.8, 4) is 33.6 Å². The summed E-state index contributed by atoms with van der Waals surface area (Å²) in [5.41, 5.74) is 17.9. The zero-order chi connectivity index (χ0) is 68.4. The van der Waals surface area contributed by atoms with Crippen LogP contribution in [0.2, 0.25) is 0 Å². The number of carbonyl (C=O) groups excluding carboxylic acids is 4. The molecule has 0 unspecified atom stereocenters. The lowest BCUT2D eigenvalue weighted by Gasteiger charge is -2.25. The summed E-state index contributed by atoms with van der Waals surface area (Å²) in [6, 6.07) is 81.8. The van der Waals surface area contributed by atoms with Crippen molar-refractivity contribution in [1.82, 2.24) is 35.9 Å². The van der Waals surface area contributed by atoms with Gasteiger partial charge in [-0.3, -0.25) is 19.2 Å². The summed E-state index contributed by atoms with van der Waals surface area (Å²) in [7, 11) is 0. The fraction of sp³-hybridized carbons (Fsp3) is 0.231. The zero-order valence-electron chi connectivity index (χ0n) is 56.5. The third-order valence-corrected chi connectivity index (χ3v) is 20.7. The quantitative estimate of drug-likeness (QED) is 0.0394. The van der Waals surface area contributed by atoms with Crippen LogP contribution < -0.4 is 16.0 Å². The van der Waals surface area contributed by atoms with Crippen molar-refractivity contribution in [2.75, 3.05) is 19.7 Å². The SMILES string of the molecule is C.C.O=C(C[C@H](Cc1ccc2ccccc2c1)C(=O)N[C@H](CC1=CCc2ccccc21)c1ncc(-c2ccccc2)[nH]1)C1CCNCC1.O=C(C[C@H](Cc1ccc2ccccc2c1)C(=O)N[C@H](CC1=CCc2ccccc21)c1ncc(-c2ccccc2)[nH]1)OCC1c2ccccc2-c2ccccc21. The summed E-state index contributed by atoms with van der Waals surface area (Å²) in [4.78, 5) is 73.1. The molecule has 16 rings (SSSR count). The minimum absolute atomic E-state index is 0. The van der Waals surface area contributed by atoms with Crippen LogP contribution in [0.15, 0.2) is 267 Å². The first-order valence-corrected chi connectivity index (χ1v) is 35.6. The van der Waals surface area contributed by atoms with Gasteiger partial charge in [0.25, 0.3) is 0 Å². The summed E-state index contributed by atoms with van der Waals surface area (Å²) in [6.07, 6.45) is 13.8. The molecule has 0 radical (unpaired) electrons. The molecule has 5 N–H and O–H groups in total. The third kappa shape index (κ3) is 16.2. The normalized spacial score (nSPS) is 14.7. The van der Waals surface area contributed by atoms with E-state index in [1.54, 1.807) is 0 Å². The molecule has 0 bridgehead atoms. The number of aromatic amines is 2. The van der Waals surface area contributed by atoms with Crippen LogP contribution in [0.25, 0.3) is 66.3 Å². The number of imidazole rings is 2. The molecule has 1 fully saturated rings. The van der Waals surface area contributed by atoms with Crippen LogP contribution in [-0.4, -0.2) is 63.2 Å². The number of ketones is 1. The van der Waals surface area contributed by atoms with E-state index in [9.17, 15) is 19.2 Å². The number of Topliss-reactive ketones (excluding diaryl/α,β-unsaturated/α-hetero) is 1. The Kier molecular flexibility index (Phi) is 22.1. The molecule has 12 heteroatoms. The maximum Gasteiger partial charge on any atom is 0.306 e. The second-order valence-corrected chi connectivity index (χ2v) is 27.3. The summed E-state index contributed by atoms with van der Waals surface area (Å²) < 4.78 is 6.07. The molecule has 12 nitrogen and oxygen atoms in total. The van der Waals surface area contributed by atoms with Gasteiger partial charge in [-0.1, -0.05) is 270 Å². The molecule has 10 aromatic carbocycles. The van der Waals surface area contributed by atoms with Crippen LogP contribution in [-0.2, 0) is 49.6 Å². The summed E-state index contributed by atoms with van der Waals surface area (Å²) in [5, 5.41) is 14.6. The topological polar surface area (TPSA) is 171 Å². The standard InChI is InChI=1S/C49H41N3O3.C40H40N4O2.2CH4/c53-47(55-31-44-42-20-10-8-18-40(42)41-19-9-11-21-43(41)44)29-38(27-32-22-23-33-12-4-5-16-36(33)26-32)49(54)52-45(28-37-25-24-34-13-6-7-17-39(34)37)48-50-30-46(51-48)35-14-2-1-3-15-35;45-38(31-18-20-41-21-19-31)25-34(23-27-14-15-28-8-4-5-12-32(28)22-27)40(46)44-36(24-33-17-16-29-9-6-7-13-35(29)33)39-42-26-37(43-39)30-10-2-1-3-11-30;;/h1-23,25-26,30,38,44-45H,24,27-29,31H2,(H,50,51)(H,52,54);1-15,17,22,26,31,34,36,41H,16,18-21,23-25H2,(H,42,43)(H,44,46);2*1H4/t38-,45+;34-,36+;;/m00../s1. The van der Waals surface area contributed by atoms with E-state index in [-0.39, 0.29) is 69.8 Å². The van der Waals surface area contributed by atoms with Crippen molar-refractivity contribution in [2.45, 2.75) is 97.1 Å². The van der Waals surface area contributed by atoms with E-state index >= 15 is 0 Å². The van der Waals surface area contributed by atoms with E-state index in [0.29, 0.717) is 37.3 Å². The maximum atomic E-state index is 14.6. The van der Waals surface area contributed by atoms with Crippen molar-refractivity contribution in [2.24, 2.45) is 17.8 Å². The molecule has 12 aromatic rings. The number of benzene rings is 10. The maximum absolute atomic E-state index is 14.6. The minimum atomic E-state index is -0.673. The van der Waals surface area contributed by atoms with Crippen LogP contribution >= 0.6 is 0 Å². The van der Waals surface area contributed by atoms with E-state index in [2.05, 4.69) is 172 Å². The van der Waals surface area contributed by atoms with E-state index in [4.69, 9.17) is 14.7 Å². The molecular formula is C91H89N7O5. The lowest BCUT2D eigenvalue weighted by atomic mass is 9.85. The van der Waals surface area contributed by atoms with E-state index in [0.717, 1.165) is 105 Å². The van der Waals surface area contributed by atoms with Crippen LogP contribution in [0.1, 0.15) is 128 Å². The predicted molar refractivity (Wildman–Crippen MR) is 416 cm³/mol. The van der Waals surface area contributed by atoms with Gasteiger partial charge in [0.2, 0.25) is 11.8 Å². The number of nitrogens with one attached hydrogen (secondary N) is 5. The smallest absolute Gasteiger partial charge is 0.306 e.